The first-order valence-corrected chi connectivity index (χ1v) is 6.87. The molecule has 0 aliphatic heterocycles. The van der Waals surface area contributed by atoms with Crippen molar-refractivity contribution in [2.24, 2.45) is 0 Å². The molecule has 0 aliphatic carbocycles. The number of pyridine rings is 1. The van der Waals surface area contributed by atoms with Gasteiger partial charge in [0.15, 0.2) is 0 Å². The second-order valence-corrected chi connectivity index (χ2v) is 4.40. The highest BCUT2D eigenvalue weighted by Crippen LogP contribution is 2.14. The molecule has 1 amide bonds. The molecule has 0 aromatic carbocycles. The van der Waals surface area contributed by atoms with Gasteiger partial charge in [-0.15, -0.1) is 0 Å². The number of anilines is 2. The standard InChI is InChI=1S/C14H24N4O/c1-4-9-16-12-7-6-8-13(17-12)18(10-5-2)11-14(19)15-3/h6-8H,4-5,9-11H2,1-3H3,(H,15,19)(H,16,17). The fraction of sp³-hybridized carbons (Fsp3) is 0.571. The predicted molar refractivity (Wildman–Crippen MR) is 79.6 cm³/mol. The summed E-state index contributed by atoms with van der Waals surface area (Å²) < 4.78 is 0. The van der Waals surface area contributed by atoms with Crippen LogP contribution in [0.15, 0.2) is 18.2 Å². The maximum absolute atomic E-state index is 11.5. The molecule has 1 heterocycles. The summed E-state index contributed by atoms with van der Waals surface area (Å²) >= 11 is 0. The van der Waals surface area contributed by atoms with E-state index in [2.05, 4.69) is 29.5 Å². The summed E-state index contributed by atoms with van der Waals surface area (Å²) in [6, 6.07) is 5.85. The number of rotatable bonds is 8. The zero-order valence-electron chi connectivity index (χ0n) is 12.1. The van der Waals surface area contributed by atoms with E-state index in [1.165, 1.54) is 0 Å². The predicted octanol–water partition coefficient (Wildman–Crippen LogP) is 1.87. The molecule has 1 rings (SSSR count). The van der Waals surface area contributed by atoms with Crippen LogP contribution in [0, 0.1) is 0 Å². The van der Waals surface area contributed by atoms with Gasteiger partial charge in [0, 0.05) is 20.1 Å². The normalized spacial score (nSPS) is 10.1. The molecular weight excluding hydrogens is 240 g/mol. The summed E-state index contributed by atoms with van der Waals surface area (Å²) in [6.07, 6.45) is 2.04. The van der Waals surface area contributed by atoms with Crippen molar-refractivity contribution in [3.05, 3.63) is 18.2 Å². The van der Waals surface area contributed by atoms with Crippen LogP contribution >= 0.6 is 0 Å². The first kappa shape index (κ1) is 15.3. The molecule has 0 saturated carbocycles. The van der Waals surface area contributed by atoms with E-state index in [0.29, 0.717) is 6.54 Å². The fourth-order valence-electron chi connectivity index (χ4n) is 1.75. The summed E-state index contributed by atoms with van der Waals surface area (Å²) in [6.45, 7) is 6.27. The number of likely N-dealkylation sites (N-methyl/N-ethyl adjacent to an activating group) is 1. The first-order chi connectivity index (χ1) is 9.21. The zero-order chi connectivity index (χ0) is 14.1. The third kappa shape index (κ3) is 5.16. The van der Waals surface area contributed by atoms with E-state index in [9.17, 15) is 4.79 Å². The number of carbonyl (C=O) groups is 1. The van der Waals surface area contributed by atoms with Gasteiger partial charge in [-0.25, -0.2) is 4.98 Å². The second-order valence-electron chi connectivity index (χ2n) is 4.40. The maximum Gasteiger partial charge on any atom is 0.239 e. The van der Waals surface area contributed by atoms with Crippen molar-refractivity contribution in [3.63, 3.8) is 0 Å². The molecular formula is C14H24N4O. The summed E-state index contributed by atoms with van der Waals surface area (Å²) in [5, 5.41) is 5.91. The fourth-order valence-corrected chi connectivity index (χ4v) is 1.75. The zero-order valence-corrected chi connectivity index (χ0v) is 12.1. The van der Waals surface area contributed by atoms with Crippen molar-refractivity contribution in [2.45, 2.75) is 26.7 Å². The Kier molecular flexibility index (Phi) is 6.71. The molecule has 106 valence electrons. The van der Waals surface area contributed by atoms with Gasteiger partial charge in [0.25, 0.3) is 0 Å². The van der Waals surface area contributed by atoms with Crippen LogP contribution in [0.3, 0.4) is 0 Å². The minimum absolute atomic E-state index is 0.00201. The monoisotopic (exact) mass is 264 g/mol. The highest BCUT2D eigenvalue weighted by atomic mass is 16.1. The van der Waals surface area contributed by atoms with Gasteiger partial charge in [-0.05, 0) is 25.0 Å². The van der Waals surface area contributed by atoms with E-state index in [4.69, 9.17) is 0 Å². The molecule has 19 heavy (non-hydrogen) atoms. The molecule has 5 heteroatoms. The van der Waals surface area contributed by atoms with Crippen LogP contribution in [0.2, 0.25) is 0 Å². The molecule has 2 N–H and O–H groups in total. The Labute approximate surface area is 115 Å². The Balaban J connectivity index is 2.79. The minimum Gasteiger partial charge on any atom is -0.370 e. The number of carbonyl (C=O) groups excluding carboxylic acids is 1. The van der Waals surface area contributed by atoms with E-state index in [1.54, 1.807) is 7.05 Å². The van der Waals surface area contributed by atoms with Gasteiger partial charge in [-0.1, -0.05) is 19.9 Å². The third-order valence-corrected chi connectivity index (χ3v) is 2.72. The number of aromatic nitrogens is 1. The number of nitrogens with zero attached hydrogens (tertiary/aromatic N) is 2. The SMILES string of the molecule is CCCNc1cccc(N(CCC)CC(=O)NC)n1. The van der Waals surface area contributed by atoms with Crippen LogP contribution < -0.4 is 15.5 Å². The van der Waals surface area contributed by atoms with Gasteiger partial charge in [0.2, 0.25) is 5.91 Å². The van der Waals surface area contributed by atoms with E-state index in [0.717, 1.165) is 37.6 Å². The van der Waals surface area contributed by atoms with Crippen molar-refractivity contribution >= 4 is 17.5 Å². The van der Waals surface area contributed by atoms with Crippen LogP contribution in [0.25, 0.3) is 0 Å². The summed E-state index contributed by atoms with van der Waals surface area (Å²) in [7, 11) is 1.65. The molecule has 0 radical (unpaired) electrons. The van der Waals surface area contributed by atoms with Crippen molar-refractivity contribution in [1.29, 1.82) is 0 Å². The topological polar surface area (TPSA) is 57.3 Å². The van der Waals surface area contributed by atoms with Crippen molar-refractivity contribution in [2.75, 3.05) is 36.9 Å². The lowest BCUT2D eigenvalue weighted by Crippen LogP contribution is -2.36. The van der Waals surface area contributed by atoms with Crippen molar-refractivity contribution < 1.29 is 4.79 Å². The number of hydrogen-bond acceptors (Lipinski definition) is 4. The lowest BCUT2D eigenvalue weighted by Gasteiger charge is -2.22. The summed E-state index contributed by atoms with van der Waals surface area (Å²) in [5.74, 6) is 1.70. The maximum atomic E-state index is 11.5. The molecule has 0 saturated heterocycles. The van der Waals surface area contributed by atoms with Gasteiger partial charge in [0.1, 0.15) is 11.6 Å². The second kappa shape index (κ2) is 8.34. The molecule has 1 aromatic heterocycles. The molecule has 0 spiro atoms. The Morgan fingerprint density at radius 1 is 1.32 bits per heavy atom. The first-order valence-electron chi connectivity index (χ1n) is 6.87. The highest BCUT2D eigenvalue weighted by Gasteiger charge is 2.11. The smallest absolute Gasteiger partial charge is 0.239 e. The van der Waals surface area contributed by atoms with E-state index in [-0.39, 0.29) is 5.91 Å². The summed E-state index contributed by atoms with van der Waals surface area (Å²) in [4.78, 5) is 18.1. The number of amides is 1. The molecule has 5 nitrogen and oxygen atoms in total. The number of hydrogen-bond donors (Lipinski definition) is 2. The average molecular weight is 264 g/mol. The van der Waals surface area contributed by atoms with Crippen molar-refractivity contribution in [3.8, 4) is 0 Å². The van der Waals surface area contributed by atoms with Crippen LogP contribution in [0.1, 0.15) is 26.7 Å². The Hall–Kier alpha value is -1.78. The van der Waals surface area contributed by atoms with E-state index in [1.807, 2.05) is 23.1 Å². The van der Waals surface area contributed by atoms with Crippen LogP contribution in [0.4, 0.5) is 11.6 Å². The van der Waals surface area contributed by atoms with Crippen LogP contribution in [-0.4, -0.2) is 37.6 Å². The van der Waals surface area contributed by atoms with E-state index >= 15 is 0 Å². The molecule has 0 fully saturated rings. The van der Waals surface area contributed by atoms with Gasteiger partial charge in [-0.3, -0.25) is 4.79 Å². The third-order valence-electron chi connectivity index (χ3n) is 2.72. The Bertz CT molecular complexity index is 395. The van der Waals surface area contributed by atoms with Gasteiger partial charge in [-0.2, -0.15) is 0 Å². The highest BCUT2D eigenvalue weighted by molar-refractivity contribution is 5.80. The summed E-state index contributed by atoms with van der Waals surface area (Å²) in [5.41, 5.74) is 0. The minimum atomic E-state index is 0.00201. The van der Waals surface area contributed by atoms with E-state index < -0.39 is 0 Å². The Morgan fingerprint density at radius 3 is 2.74 bits per heavy atom. The number of nitrogens with one attached hydrogen (secondary N) is 2. The molecule has 0 bridgehead atoms. The quantitative estimate of drug-likeness (QED) is 0.752. The van der Waals surface area contributed by atoms with Gasteiger partial charge in [0.05, 0.1) is 6.54 Å². The molecule has 0 atom stereocenters. The Morgan fingerprint density at radius 2 is 2.11 bits per heavy atom. The lowest BCUT2D eigenvalue weighted by molar-refractivity contribution is -0.119. The molecule has 0 unspecified atom stereocenters. The van der Waals surface area contributed by atoms with Crippen molar-refractivity contribution in [1.82, 2.24) is 10.3 Å². The average Bonchev–Trinajstić information content (AvgIpc) is 2.44. The van der Waals surface area contributed by atoms with Gasteiger partial charge < -0.3 is 15.5 Å². The van der Waals surface area contributed by atoms with Gasteiger partial charge >= 0.3 is 0 Å². The lowest BCUT2D eigenvalue weighted by atomic mass is 10.3. The molecule has 0 aliphatic rings. The van der Waals surface area contributed by atoms with Crippen LogP contribution in [-0.2, 0) is 4.79 Å². The largest absolute Gasteiger partial charge is 0.370 e. The van der Waals surface area contributed by atoms with Crippen LogP contribution in [0.5, 0.6) is 0 Å². The molecule has 1 aromatic rings.